The Morgan fingerprint density at radius 1 is 1.00 bits per heavy atom. The second-order valence-electron chi connectivity index (χ2n) is 4.72. The van der Waals surface area contributed by atoms with E-state index in [1.807, 2.05) is 60.7 Å². The van der Waals surface area contributed by atoms with Crippen LogP contribution in [0.15, 0.2) is 73.1 Å². The number of hydrogen-bond donors (Lipinski definition) is 1. The van der Waals surface area contributed by atoms with Crippen LogP contribution in [0.5, 0.6) is 0 Å². The van der Waals surface area contributed by atoms with E-state index in [-0.39, 0.29) is 5.91 Å². The molecule has 0 saturated heterocycles. The summed E-state index contributed by atoms with van der Waals surface area (Å²) in [6, 6.07) is 19.4. The van der Waals surface area contributed by atoms with E-state index >= 15 is 0 Å². The summed E-state index contributed by atoms with van der Waals surface area (Å²) in [5.74, 6) is -0.0474. The number of hydrogen-bond acceptors (Lipinski definition) is 2. The molecule has 0 radical (unpaired) electrons. The number of carbonyl (C=O) groups excluding carboxylic acids is 1. The smallest absolute Gasteiger partial charge is 0.228 e. The van der Waals surface area contributed by atoms with Crippen molar-refractivity contribution in [2.45, 2.75) is 6.42 Å². The van der Waals surface area contributed by atoms with Crippen molar-refractivity contribution in [3.8, 4) is 5.69 Å². The fraction of sp³-hybridized carbons (Fsp3) is 0.0588. The molecule has 3 rings (SSSR count). The number of carbonyl (C=O) groups is 1. The summed E-state index contributed by atoms with van der Waals surface area (Å²) in [6.07, 6.45) is 3.81. The van der Waals surface area contributed by atoms with Gasteiger partial charge in [0.2, 0.25) is 5.91 Å². The molecule has 0 bridgehead atoms. The zero-order chi connectivity index (χ0) is 14.5. The summed E-state index contributed by atoms with van der Waals surface area (Å²) in [7, 11) is 0. The number of amides is 1. The lowest BCUT2D eigenvalue weighted by Crippen LogP contribution is -2.13. The number of anilines is 1. The monoisotopic (exact) mass is 277 g/mol. The van der Waals surface area contributed by atoms with Crippen LogP contribution in [0.4, 0.5) is 5.69 Å². The number of aromatic nitrogens is 2. The van der Waals surface area contributed by atoms with E-state index in [1.54, 1.807) is 17.1 Å². The Bertz CT molecular complexity index is 720. The van der Waals surface area contributed by atoms with E-state index in [9.17, 15) is 4.79 Å². The highest BCUT2D eigenvalue weighted by molar-refractivity contribution is 5.92. The lowest BCUT2D eigenvalue weighted by atomic mass is 10.1. The number of nitrogens with one attached hydrogen (secondary N) is 1. The van der Waals surface area contributed by atoms with Gasteiger partial charge in [0.25, 0.3) is 0 Å². The predicted molar refractivity (Wildman–Crippen MR) is 82.3 cm³/mol. The molecule has 104 valence electrons. The Morgan fingerprint density at radius 2 is 1.67 bits per heavy atom. The molecule has 21 heavy (non-hydrogen) atoms. The molecule has 0 unspecified atom stereocenters. The standard InChI is InChI=1S/C17H15N3O/c21-17(11-14-7-3-1-4-8-14)19-15-12-18-20(13-15)16-9-5-2-6-10-16/h1-10,12-13H,11H2,(H,19,21). The molecule has 0 fully saturated rings. The van der Waals surface area contributed by atoms with Gasteiger partial charge in [0.1, 0.15) is 0 Å². The molecular formula is C17H15N3O. The van der Waals surface area contributed by atoms with Gasteiger partial charge in [0, 0.05) is 0 Å². The first-order valence-corrected chi connectivity index (χ1v) is 6.75. The van der Waals surface area contributed by atoms with E-state index < -0.39 is 0 Å². The van der Waals surface area contributed by atoms with Crippen molar-refractivity contribution in [3.05, 3.63) is 78.6 Å². The Balaban J connectivity index is 1.66. The van der Waals surface area contributed by atoms with Crippen molar-refractivity contribution in [1.29, 1.82) is 0 Å². The Hall–Kier alpha value is -2.88. The van der Waals surface area contributed by atoms with Gasteiger partial charge in [-0.3, -0.25) is 4.79 Å². The second kappa shape index (κ2) is 6.05. The van der Waals surface area contributed by atoms with E-state index in [0.717, 1.165) is 11.3 Å². The fourth-order valence-electron chi connectivity index (χ4n) is 2.10. The second-order valence-corrected chi connectivity index (χ2v) is 4.72. The van der Waals surface area contributed by atoms with Gasteiger partial charge in [-0.25, -0.2) is 4.68 Å². The molecule has 4 heteroatoms. The molecule has 0 aliphatic heterocycles. The van der Waals surface area contributed by atoms with Crippen molar-refractivity contribution in [3.63, 3.8) is 0 Å². The summed E-state index contributed by atoms with van der Waals surface area (Å²) in [5, 5.41) is 7.11. The molecule has 1 aromatic heterocycles. The third kappa shape index (κ3) is 3.36. The molecule has 4 nitrogen and oxygen atoms in total. The molecule has 2 aromatic carbocycles. The van der Waals surface area contributed by atoms with Crippen LogP contribution in [0.25, 0.3) is 5.69 Å². The zero-order valence-corrected chi connectivity index (χ0v) is 11.4. The molecule has 0 aliphatic rings. The first kappa shape index (κ1) is 13.1. The minimum Gasteiger partial charge on any atom is -0.323 e. The van der Waals surface area contributed by atoms with Crippen LogP contribution in [-0.4, -0.2) is 15.7 Å². The normalized spacial score (nSPS) is 10.3. The quantitative estimate of drug-likeness (QED) is 0.796. The van der Waals surface area contributed by atoms with Crippen LogP contribution < -0.4 is 5.32 Å². The lowest BCUT2D eigenvalue weighted by molar-refractivity contribution is -0.115. The van der Waals surface area contributed by atoms with Crippen LogP contribution in [-0.2, 0) is 11.2 Å². The zero-order valence-electron chi connectivity index (χ0n) is 11.4. The molecule has 0 saturated carbocycles. The molecule has 0 atom stereocenters. The van der Waals surface area contributed by atoms with E-state index in [1.165, 1.54) is 0 Å². The molecule has 0 spiro atoms. The number of nitrogens with zero attached hydrogens (tertiary/aromatic N) is 2. The minimum absolute atomic E-state index is 0.0474. The predicted octanol–water partition coefficient (Wildman–Crippen LogP) is 3.05. The molecule has 1 heterocycles. The van der Waals surface area contributed by atoms with E-state index in [4.69, 9.17) is 0 Å². The van der Waals surface area contributed by atoms with Crippen LogP contribution in [0.3, 0.4) is 0 Å². The Labute approximate surface area is 123 Å². The summed E-state index contributed by atoms with van der Waals surface area (Å²) in [5.41, 5.74) is 2.64. The van der Waals surface area contributed by atoms with Crippen molar-refractivity contribution >= 4 is 11.6 Å². The van der Waals surface area contributed by atoms with Crippen molar-refractivity contribution in [2.75, 3.05) is 5.32 Å². The highest BCUT2D eigenvalue weighted by Crippen LogP contribution is 2.11. The van der Waals surface area contributed by atoms with Crippen LogP contribution >= 0.6 is 0 Å². The van der Waals surface area contributed by atoms with Crippen LogP contribution in [0.1, 0.15) is 5.56 Å². The number of benzene rings is 2. The first-order chi connectivity index (χ1) is 10.3. The average molecular weight is 277 g/mol. The van der Waals surface area contributed by atoms with Gasteiger partial charge in [-0.15, -0.1) is 0 Å². The summed E-state index contributed by atoms with van der Waals surface area (Å²) in [4.78, 5) is 12.0. The Kier molecular flexibility index (Phi) is 3.78. The Morgan fingerprint density at radius 3 is 2.38 bits per heavy atom. The largest absolute Gasteiger partial charge is 0.323 e. The van der Waals surface area contributed by atoms with Gasteiger partial charge in [0.15, 0.2) is 0 Å². The third-order valence-electron chi connectivity index (χ3n) is 3.09. The maximum atomic E-state index is 12.0. The topological polar surface area (TPSA) is 46.9 Å². The third-order valence-corrected chi connectivity index (χ3v) is 3.09. The van der Waals surface area contributed by atoms with Crippen molar-refractivity contribution < 1.29 is 4.79 Å². The van der Waals surface area contributed by atoms with Crippen molar-refractivity contribution in [2.24, 2.45) is 0 Å². The van der Waals surface area contributed by atoms with Crippen LogP contribution in [0, 0.1) is 0 Å². The van der Waals surface area contributed by atoms with Gasteiger partial charge in [-0.2, -0.15) is 5.10 Å². The lowest BCUT2D eigenvalue weighted by Gasteiger charge is -2.02. The fourth-order valence-corrected chi connectivity index (χ4v) is 2.10. The van der Waals surface area contributed by atoms with Gasteiger partial charge in [-0.1, -0.05) is 48.5 Å². The number of rotatable bonds is 4. The first-order valence-electron chi connectivity index (χ1n) is 6.75. The molecular weight excluding hydrogens is 262 g/mol. The average Bonchev–Trinajstić information content (AvgIpc) is 2.97. The highest BCUT2D eigenvalue weighted by atomic mass is 16.1. The molecule has 1 N–H and O–H groups in total. The van der Waals surface area contributed by atoms with Crippen molar-refractivity contribution in [1.82, 2.24) is 9.78 Å². The van der Waals surface area contributed by atoms with E-state index in [0.29, 0.717) is 12.1 Å². The van der Waals surface area contributed by atoms with Gasteiger partial charge < -0.3 is 5.32 Å². The molecule has 0 aliphatic carbocycles. The highest BCUT2D eigenvalue weighted by Gasteiger charge is 2.06. The van der Waals surface area contributed by atoms with Gasteiger partial charge in [0.05, 0.1) is 30.2 Å². The summed E-state index contributed by atoms with van der Waals surface area (Å²) >= 11 is 0. The van der Waals surface area contributed by atoms with Gasteiger partial charge >= 0.3 is 0 Å². The van der Waals surface area contributed by atoms with Gasteiger partial charge in [-0.05, 0) is 17.7 Å². The maximum Gasteiger partial charge on any atom is 0.228 e. The summed E-state index contributed by atoms with van der Waals surface area (Å²) < 4.78 is 1.73. The molecule has 1 amide bonds. The SMILES string of the molecule is O=C(Cc1ccccc1)Nc1cnn(-c2ccccc2)c1. The maximum absolute atomic E-state index is 12.0. The molecule has 3 aromatic rings. The number of para-hydroxylation sites is 1. The van der Waals surface area contributed by atoms with E-state index in [2.05, 4.69) is 10.4 Å². The minimum atomic E-state index is -0.0474. The van der Waals surface area contributed by atoms with Crippen LogP contribution in [0.2, 0.25) is 0 Å². The summed E-state index contributed by atoms with van der Waals surface area (Å²) in [6.45, 7) is 0.